The van der Waals surface area contributed by atoms with Crippen LogP contribution in [0.3, 0.4) is 0 Å². The van der Waals surface area contributed by atoms with Crippen molar-refractivity contribution in [2.75, 3.05) is 4.90 Å². The maximum Gasteiger partial charge on any atom is 0.162 e. The van der Waals surface area contributed by atoms with E-state index in [-0.39, 0.29) is 11.2 Å². The third-order valence-corrected chi connectivity index (χ3v) is 9.14. The fourth-order valence-electron chi connectivity index (χ4n) is 5.48. The zero-order chi connectivity index (χ0) is 23.3. The van der Waals surface area contributed by atoms with Crippen LogP contribution in [0.4, 0.5) is 5.00 Å². The molecule has 33 heavy (non-hydrogen) atoms. The predicted octanol–water partition coefficient (Wildman–Crippen LogP) is 5.89. The van der Waals surface area contributed by atoms with Crippen molar-refractivity contribution in [2.24, 2.45) is 11.1 Å². The minimum absolute atomic E-state index is 0.0709. The van der Waals surface area contributed by atoms with Gasteiger partial charge in [-0.1, -0.05) is 26.3 Å². The molecule has 0 unspecified atom stereocenters. The summed E-state index contributed by atoms with van der Waals surface area (Å²) in [7, 11) is 0. The van der Waals surface area contributed by atoms with Crippen LogP contribution in [0.2, 0.25) is 0 Å². The summed E-state index contributed by atoms with van der Waals surface area (Å²) in [5.41, 5.74) is 10.3. The van der Waals surface area contributed by atoms with Gasteiger partial charge in [0, 0.05) is 27.4 Å². The van der Waals surface area contributed by atoms with Gasteiger partial charge in [-0.05, 0) is 54.5 Å². The zero-order valence-electron chi connectivity index (χ0n) is 18.9. The van der Waals surface area contributed by atoms with Crippen molar-refractivity contribution in [1.82, 2.24) is 0 Å². The molecule has 2 aromatic heterocycles. The minimum atomic E-state index is -0.437. The van der Waals surface area contributed by atoms with Gasteiger partial charge in [-0.3, -0.25) is 9.69 Å². The molecule has 7 heteroatoms. The standard InChI is InChI=1S/C26H26N4OS2/c1-26(2)11-18-23(19(31)12-26)22(21-9-6-10-32-21)17(14-28)24(29)30(18)25-16(13-27)15-7-4-3-5-8-20(15)33-25/h6,9-10,22H,3-5,7-8,11-12,29H2,1-2H3/t22-/m1/s1. The summed E-state index contributed by atoms with van der Waals surface area (Å²) < 4.78 is 0. The first-order chi connectivity index (χ1) is 15.9. The van der Waals surface area contributed by atoms with Gasteiger partial charge >= 0.3 is 0 Å². The fraction of sp³-hybridized carbons (Fsp3) is 0.423. The number of hydrogen-bond acceptors (Lipinski definition) is 7. The Balaban J connectivity index is 1.78. The third kappa shape index (κ3) is 3.51. The normalized spacial score (nSPS) is 22.4. The van der Waals surface area contributed by atoms with E-state index in [1.807, 2.05) is 22.4 Å². The Hall–Kier alpha value is -2.87. The van der Waals surface area contributed by atoms with Crippen LogP contribution < -0.4 is 10.6 Å². The number of carbonyl (C=O) groups is 1. The van der Waals surface area contributed by atoms with Gasteiger partial charge in [0.2, 0.25) is 0 Å². The van der Waals surface area contributed by atoms with Gasteiger partial charge in [0.25, 0.3) is 0 Å². The molecule has 0 radical (unpaired) electrons. The Morgan fingerprint density at radius 2 is 1.94 bits per heavy atom. The van der Waals surface area contributed by atoms with Crippen LogP contribution in [0, 0.1) is 28.1 Å². The summed E-state index contributed by atoms with van der Waals surface area (Å²) >= 11 is 3.16. The van der Waals surface area contributed by atoms with Crippen molar-refractivity contribution < 1.29 is 4.79 Å². The molecule has 1 aliphatic heterocycles. The lowest BCUT2D eigenvalue weighted by molar-refractivity contribution is -0.118. The fourth-order valence-corrected chi connectivity index (χ4v) is 7.70. The smallest absolute Gasteiger partial charge is 0.162 e. The van der Waals surface area contributed by atoms with Gasteiger partial charge in [0.15, 0.2) is 5.78 Å². The van der Waals surface area contributed by atoms with Crippen molar-refractivity contribution >= 4 is 33.5 Å². The molecular formula is C26H26N4OS2. The number of allylic oxidation sites excluding steroid dienone is 3. The van der Waals surface area contributed by atoms with Crippen LogP contribution in [0.1, 0.15) is 72.8 Å². The van der Waals surface area contributed by atoms with E-state index in [0.29, 0.717) is 35.4 Å². The van der Waals surface area contributed by atoms with E-state index in [4.69, 9.17) is 5.73 Å². The Bertz CT molecular complexity index is 1280. The van der Waals surface area contributed by atoms with E-state index in [9.17, 15) is 15.3 Å². The summed E-state index contributed by atoms with van der Waals surface area (Å²) in [4.78, 5) is 17.7. The van der Waals surface area contributed by atoms with Crippen LogP contribution in [-0.4, -0.2) is 5.78 Å². The van der Waals surface area contributed by atoms with Crippen molar-refractivity contribution in [1.29, 1.82) is 10.5 Å². The number of nitriles is 2. The lowest BCUT2D eigenvalue weighted by atomic mass is 9.70. The largest absolute Gasteiger partial charge is 0.384 e. The molecule has 0 spiro atoms. The molecule has 168 valence electrons. The summed E-state index contributed by atoms with van der Waals surface area (Å²) in [5, 5.41) is 23.1. The second-order valence-corrected chi connectivity index (χ2v) is 11.9. The lowest BCUT2D eigenvalue weighted by Crippen LogP contribution is -2.42. The van der Waals surface area contributed by atoms with Crippen LogP contribution in [0.5, 0.6) is 0 Å². The van der Waals surface area contributed by atoms with Crippen molar-refractivity contribution in [2.45, 2.75) is 64.7 Å². The average molecular weight is 475 g/mol. The second kappa shape index (κ2) is 8.17. The van der Waals surface area contributed by atoms with Gasteiger partial charge in [-0.25, -0.2) is 0 Å². The van der Waals surface area contributed by atoms with E-state index >= 15 is 0 Å². The minimum Gasteiger partial charge on any atom is -0.384 e. The van der Waals surface area contributed by atoms with Gasteiger partial charge in [0.05, 0.1) is 23.1 Å². The Kier molecular flexibility index (Phi) is 5.43. The topological polar surface area (TPSA) is 93.9 Å². The van der Waals surface area contributed by atoms with Crippen molar-refractivity contribution in [3.05, 3.63) is 61.1 Å². The molecule has 1 atom stereocenters. The zero-order valence-corrected chi connectivity index (χ0v) is 20.5. The number of thiophene rings is 2. The van der Waals surface area contributed by atoms with Gasteiger partial charge < -0.3 is 5.73 Å². The van der Waals surface area contributed by atoms with Gasteiger partial charge in [-0.2, -0.15) is 10.5 Å². The number of fused-ring (bicyclic) bond motifs is 1. The molecule has 0 fully saturated rings. The summed E-state index contributed by atoms with van der Waals surface area (Å²) in [6, 6.07) is 8.70. The molecule has 2 N–H and O–H groups in total. The number of Topliss-reactive ketones (excluding diaryl/α,β-unsaturated/α-hetero) is 1. The molecule has 0 saturated carbocycles. The lowest BCUT2D eigenvalue weighted by Gasteiger charge is -2.43. The van der Waals surface area contributed by atoms with Crippen LogP contribution in [0.15, 0.2) is 40.2 Å². The molecule has 5 nitrogen and oxygen atoms in total. The molecule has 0 aromatic carbocycles. The SMILES string of the molecule is CC1(C)CC(=O)C2=C(C1)N(c1sc3c(c1C#N)CCCCC3)C(N)=C(C#N)[C@@H]2c1cccs1. The van der Waals surface area contributed by atoms with Crippen LogP contribution in [0.25, 0.3) is 0 Å². The van der Waals surface area contributed by atoms with Crippen molar-refractivity contribution in [3.63, 3.8) is 0 Å². The van der Waals surface area contributed by atoms with Crippen LogP contribution >= 0.6 is 22.7 Å². The van der Waals surface area contributed by atoms with E-state index in [1.165, 1.54) is 11.3 Å². The first-order valence-corrected chi connectivity index (χ1v) is 13.1. The first-order valence-electron chi connectivity index (χ1n) is 11.4. The summed E-state index contributed by atoms with van der Waals surface area (Å²) in [6.45, 7) is 4.20. The number of aryl methyl sites for hydroxylation is 1. The molecule has 3 aliphatic rings. The molecule has 5 rings (SSSR count). The quantitative estimate of drug-likeness (QED) is 0.548. The van der Waals surface area contributed by atoms with E-state index < -0.39 is 5.92 Å². The highest BCUT2D eigenvalue weighted by atomic mass is 32.1. The monoisotopic (exact) mass is 474 g/mol. The number of ketones is 1. The molecule has 2 aromatic rings. The highest BCUT2D eigenvalue weighted by Gasteiger charge is 2.46. The number of carbonyl (C=O) groups excluding carboxylic acids is 1. The van der Waals surface area contributed by atoms with Crippen LogP contribution in [-0.2, 0) is 17.6 Å². The molecule has 0 bridgehead atoms. The molecule has 3 heterocycles. The van der Waals surface area contributed by atoms with E-state index in [1.54, 1.807) is 22.7 Å². The number of rotatable bonds is 2. The Morgan fingerprint density at radius 3 is 2.64 bits per heavy atom. The number of nitrogens with zero attached hydrogens (tertiary/aromatic N) is 3. The number of nitrogens with two attached hydrogens (primary N) is 1. The average Bonchev–Trinajstić information content (AvgIpc) is 3.34. The number of anilines is 1. The number of hydrogen-bond donors (Lipinski definition) is 1. The predicted molar refractivity (Wildman–Crippen MR) is 132 cm³/mol. The maximum absolute atomic E-state index is 13.6. The maximum atomic E-state index is 13.6. The van der Waals surface area contributed by atoms with Crippen molar-refractivity contribution in [3.8, 4) is 12.1 Å². The highest BCUT2D eigenvalue weighted by molar-refractivity contribution is 7.16. The van der Waals surface area contributed by atoms with Gasteiger partial charge in [0.1, 0.15) is 16.9 Å². The third-order valence-electron chi connectivity index (χ3n) is 6.93. The molecular weight excluding hydrogens is 448 g/mol. The molecule has 0 saturated heterocycles. The summed E-state index contributed by atoms with van der Waals surface area (Å²) in [6.07, 6.45) is 6.33. The second-order valence-electron chi connectivity index (χ2n) is 9.85. The van der Waals surface area contributed by atoms with E-state index in [0.717, 1.165) is 46.8 Å². The highest BCUT2D eigenvalue weighted by Crippen LogP contribution is 2.53. The van der Waals surface area contributed by atoms with Gasteiger partial charge in [-0.15, -0.1) is 22.7 Å². The van der Waals surface area contributed by atoms with E-state index in [2.05, 4.69) is 26.0 Å². The molecule has 2 aliphatic carbocycles. The first kappa shape index (κ1) is 21.9. The summed E-state index contributed by atoms with van der Waals surface area (Å²) in [5.74, 6) is -0.0113. The Labute approximate surface area is 202 Å². The Morgan fingerprint density at radius 1 is 1.15 bits per heavy atom. The molecule has 0 amide bonds.